The van der Waals surface area contributed by atoms with E-state index in [-0.39, 0.29) is 5.91 Å². The van der Waals surface area contributed by atoms with Gasteiger partial charge in [-0.15, -0.1) is 0 Å². The summed E-state index contributed by atoms with van der Waals surface area (Å²) in [7, 11) is 3.36. The lowest BCUT2D eigenvalue weighted by Crippen LogP contribution is -2.31. The third-order valence-electron chi connectivity index (χ3n) is 5.05. The van der Waals surface area contributed by atoms with Crippen molar-refractivity contribution in [3.8, 4) is 11.5 Å². The zero-order valence-corrected chi connectivity index (χ0v) is 17.9. The second kappa shape index (κ2) is 10.5. The number of methoxy groups -OCH3 is 1. The molecule has 0 aliphatic carbocycles. The molecule has 1 aliphatic heterocycles. The Morgan fingerprint density at radius 3 is 2.63 bits per heavy atom. The van der Waals surface area contributed by atoms with Crippen molar-refractivity contribution in [3.63, 3.8) is 0 Å². The maximum absolute atomic E-state index is 12.0. The predicted molar refractivity (Wildman–Crippen MR) is 119 cm³/mol. The maximum atomic E-state index is 12.0. The number of ether oxygens (including phenoxy) is 2. The van der Waals surface area contributed by atoms with Gasteiger partial charge in [-0.3, -0.25) is 9.79 Å². The van der Waals surface area contributed by atoms with Crippen LogP contribution in [0.2, 0.25) is 0 Å². The molecule has 2 aromatic rings. The van der Waals surface area contributed by atoms with Gasteiger partial charge in [0.1, 0.15) is 0 Å². The fourth-order valence-electron chi connectivity index (χ4n) is 3.48. The summed E-state index contributed by atoms with van der Waals surface area (Å²) < 4.78 is 11.0. The average Bonchev–Trinajstić information content (AvgIpc) is 3.17. The predicted octanol–water partition coefficient (Wildman–Crippen LogP) is 3.40. The first-order chi connectivity index (χ1) is 14.6. The number of aliphatic imine (C=N–C) groups is 1. The molecule has 3 rings (SSSR count). The number of nitrogens with one attached hydrogen (secondary N) is 2. The van der Waals surface area contributed by atoms with Crippen molar-refractivity contribution in [2.75, 3.05) is 32.6 Å². The summed E-state index contributed by atoms with van der Waals surface area (Å²) in [5, 5.41) is 6.64. The molecule has 1 fully saturated rings. The van der Waals surface area contributed by atoms with E-state index < -0.39 is 0 Å². The van der Waals surface area contributed by atoms with Gasteiger partial charge in [0.2, 0.25) is 5.91 Å². The highest BCUT2D eigenvalue weighted by molar-refractivity contribution is 5.93. The number of hydrogen-bond acceptors (Lipinski definition) is 4. The molecule has 0 saturated carbocycles. The van der Waals surface area contributed by atoms with Gasteiger partial charge in [0, 0.05) is 44.9 Å². The molecule has 0 bridgehead atoms. The molecule has 0 unspecified atom stereocenters. The fraction of sp³-hybridized carbons (Fsp3) is 0.391. The SMILES string of the molecule is CCOc1cc(NC(=NC)NCc2ccccc2CN2CCCC2=O)ccc1OC. The van der Waals surface area contributed by atoms with Crippen LogP contribution < -0.4 is 20.1 Å². The van der Waals surface area contributed by atoms with E-state index in [2.05, 4.69) is 27.8 Å². The first kappa shape index (κ1) is 21.5. The Kier molecular flexibility index (Phi) is 7.54. The number of carbonyl (C=O) groups excluding carboxylic acids is 1. The lowest BCUT2D eigenvalue weighted by molar-refractivity contribution is -0.128. The maximum Gasteiger partial charge on any atom is 0.222 e. The Morgan fingerprint density at radius 1 is 1.17 bits per heavy atom. The Bertz CT molecular complexity index is 898. The van der Waals surface area contributed by atoms with E-state index in [1.165, 1.54) is 0 Å². The van der Waals surface area contributed by atoms with Gasteiger partial charge in [-0.1, -0.05) is 24.3 Å². The van der Waals surface area contributed by atoms with Crippen LogP contribution in [0.1, 0.15) is 30.9 Å². The molecule has 1 heterocycles. The van der Waals surface area contributed by atoms with Gasteiger partial charge in [0.05, 0.1) is 13.7 Å². The zero-order valence-electron chi connectivity index (χ0n) is 17.9. The number of rotatable bonds is 8. The summed E-state index contributed by atoms with van der Waals surface area (Å²) in [6, 6.07) is 13.9. The average molecular weight is 411 g/mol. The van der Waals surface area contributed by atoms with Gasteiger partial charge in [-0.05, 0) is 36.6 Å². The molecule has 30 heavy (non-hydrogen) atoms. The molecule has 1 amide bonds. The topological polar surface area (TPSA) is 75.2 Å². The van der Waals surface area contributed by atoms with Crippen molar-refractivity contribution >= 4 is 17.6 Å². The molecule has 2 aromatic carbocycles. The Hall–Kier alpha value is -3.22. The molecule has 1 aliphatic rings. The van der Waals surface area contributed by atoms with E-state index in [4.69, 9.17) is 9.47 Å². The summed E-state index contributed by atoms with van der Waals surface area (Å²) >= 11 is 0. The number of benzene rings is 2. The van der Waals surface area contributed by atoms with Crippen LogP contribution in [0.15, 0.2) is 47.5 Å². The number of carbonyl (C=O) groups is 1. The number of amides is 1. The quantitative estimate of drug-likeness (QED) is 0.515. The minimum Gasteiger partial charge on any atom is -0.493 e. The van der Waals surface area contributed by atoms with E-state index in [0.717, 1.165) is 29.8 Å². The Balaban J connectivity index is 1.65. The molecular formula is C23H30N4O3. The van der Waals surface area contributed by atoms with Crippen LogP contribution in [0.25, 0.3) is 0 Å². The molecule has 0 aromatic heterocycles. The van der Waals surface area contributed by atoms with Crippen molar-refractivity contribution in [1.29, 1.82) is 0 Å². The molecule has 7 nitrogen and oxygen atoms in total. The van der Waals surface area contributed by atoms with Crippen LogP contribution in [0.5, 0.6) is 11.5 Å². The molecular weight excluding hydrogens is 380 g/mol. The monoisotopic (exact) mass is 410 g/mol. The van der Waals surface area contributed by atoms with Gasteiger partial charge in [0.15, 0.2) is 17.5 Å². The van der Waals surface area contributed by atoms with E-state index in [9.17, 15) is 4.79 Å². The summed E-state index contributed by atoms with van der Waals surface area (Å²) in [6.45, 7) is 4.59. The van der Waals surface area contributed by atoms with Crippen LogP contribution >= 0.6 is 0 Å². The van der Waals surface area contributed by atoms with E-state index >= 15 is 0 Å². The molecule has 7 heteroatoms. The highest BCUT2D eigenvalue weighted by atomic mass is 16.5. The molecule has 0 atom stereocenters. The van der Waals surface area contributed by atoms with E-state index in [1.807, 2.05) is 42.2 Å². The van der Waals surface area contributed by atoms with Crippen LogP contribution in [0, 0.1) is 0 Å². The smallest absolute Gasteiger partial charge is 0.222 e. The standard InChI is InChI=1S/C23H30N4O3/c1-4-30-21-14-19(11-12-20(21)29-3)26-23(24-2)25-15-17-8-5-6-9-18(17)16-27-13-7-10-22(27)28/h5-6,8-9,11-12,14H,4,7,10,13,15-16H2,1-3H3,(H2,24,25,26). The van der Waals surface area contributed by atoms with Gasteiger partial charge < -0.3 is 25.0 Å². The normalized spacial score (nSPS) is 14.0. The highest BCUT2D eigenvalue weighted by Gasteiger charge is 2.20. The lowest BCUT2D eigenvalue weighted by atomic mass is 10.1. The lowest BCUT2D eigenvalue weighted by Gasteiger charge is -2.19. The zero-order chi connectivity index (χ0) is 21.3. The second-order valence-corrected chi connectivity index (χ2v) is 7.04. The Labute approximate surface area is 178 Å². The van der Waals surface area contributed by atoms with Crippen molar-refractivity contribution < 1.29 is 14.3 Å². The summed E-state index contributed by atoms with van der Waals surface area (Å²) in [5.41, 5.74) is 3.15. The summed E-state index contributed by atoms with van der Waals surface area (Å²) in [5.74, 6) is 2.26. The van der Waals surface area contributed by atoms with Crippen molar-refractivity contribution in [3.05, 3.63) is 53.6 Å². The summed E-state index contributed by atoms with van der Waals surface area (Å²) in [6.07, 6.45) is 1.60. The number of guanidine groups is 1. The first-order valence-corrected chi connectivity index (χ1v) is 10.3. The molecule has 2 N–H and O–H groups in total. The summed E-state index contributed by atoms with van der Waals surface area (Å²) in [4.78, 5) is 18.2. The van der Waals surface area contributed by atoms with Crippen LogP contribution in [0.3, 0.4) is 0 Å². The van der Waals surface area contributed by atoms with Gasteiger partial charge >= 0.3 is 0 Å². The number of likely N-dealkylation sites (tertiary alicyclic amines) is 1. The van der Waals surface area contributed by atoms with Crippen molar-refractivity contribution in [1.82, 2.24) is 10.2 Å². The minimum absolute atomic E-state index is 0.236. The van der Waals surface area contributed by atoms with Gasteiger partial charge in [0.25, 0.3) is 0 Å². The van der Waals surface area contributed by atoms with Crippen molar-refractivity contribution in [2.24, 2.45) is 4.99 Å². The Morgan fingerprint density at radius 2 is 1.97 bits per heavy atom. The van der Waals surface area contributed by atoms with Gasteiger partial charge in [-0.2, -0.15) is 0 Å². The number of nitrogens with zero attached hydrogens (tertiary/aromatic N) is 2. The van der Waals surface area contributed by atoms with Crippen LogP contribution in [-0.4, -0.2) is 44.1 Å². The van der Waals surface area contributed by atoms with Crippen LogP contribution in [-0.2, 0) is 17.9 Å². The fourth-order valence-corrected chi connectivity index (χ4v) is 3.48. The second-order valence-electron chi connectivity index (χ2n) is 7.04. The van der Waals surface area contributed by atoms with Crippen molar-refractivity contribution in [2.45, 2.75) is 32.9 Å². The van der Waals surface area contributed by atoms with E-state index in [1.54, 1.807) is 14.2 Å². The molecule has 1 saturated heterocycles. The first-order valence-electron chi connectivity index (χ1n) is 10.3. The van der Waals surface area contributed by atoms with Gasteiger partial charge in [-0.25, -0.2) is 0 Å². The minimum atomic E-state index is 0.236. The third kappa shape index (κ3) is 5.43. The largest absolute Gasteiger partial charge is 0.493 e. The van der Waals surface area contributed by atoms with Crippen LogP contribution in [0.4, 0.5) is 5.69 Å². The number of hydrogen-bond donors (Lipinski definition) is 2. The third-order valence-corrected chi connectivity index (χ3v) is 5.05. The molecule has 0 spiro atoms. The highest BCUT2D eigenvalue weighted by Crippen LogP contribution is 2.30. The number of anilines is 1. The molecule has 0 radical (unpaired) electrons. The molecule has 160 valence electrons. The van der Waals surface area contributed by atoms with E-state index in [0.29, 0.717) is 43.6 Å².